The van der Waals surface area contributed by atoms with Crippen LogP contribution in [0.5, 0.6) is 0 Å². The Kier molecular flexibility index (Phi) is 4.98. The van der Waals surface area contributed by atoms with E-state index in [2.05, 4.69) is 10.3 Å². The Hall–Kier alpha value is -2.96. The number of hydrogen-bond acceptors (Lipinski definition) is 5. The van der Waals surface area contributed by atoms with Gasteiger partial charge in [-0.25, -0.2) is 4.98 Å². The van der Waals surface area contributed by atoms with Gasteiger partial charge < -0.3 is 9.73 Å². The summed E-state index contributed by atoms with van der Waals surface area (Å²) in [5.74, 6) is -0.806. The summed E-state index contributed by atoms with van der Waals surface area (Å²) in [7, 11) is 0. The molecule has 1 aliphatic carbocycles. The molecular weight excluding hydrogens is 370 g/mol. The van der Waals surface area contributed by atoms with Crippen LogP contribution in [-0.2, 0) is 14.4 Å². The minimum Gasteiger partial charge on any atom is -0.441 e. The molecule has 2 heterocycles. The SMILES string of the molecule is Cc1nc2cc(NC(=O)[C@H](CC(C)C)N3C(=O)[C@@H]4CC=CC[C@H]4C3=O)ccc2o1. The Morgan fingerprint density at radius 2 is 1.86 bits per heavy atom. The number of imide groups is 1. The predicted molar refractivity (Wildman–Crippen MR) is 108 cm³/mol. The highest BCUT2D eigenvalue weighted by Gasteiger charge is 2.51. The molecule has 4 rings (SSSR count). The maximum atomic E-state index is 13.2. The standard InChI is InChI=1S/C22H25N3O4/c1-12(2)10-18(25-21(27)15-6-4-5-7-16(15)22(25)28)20(26)24-14-8-9-19-17(11-14)23-13(3)29-19/h4-5,8-9,11-12,15-16,18H,6-7,10H2,1-3H3,(H,24,26)/t15-,16-,18+/m1/s1. The van der Waals surface area contributed by atoms with E-state index in [0.29, 0.717) is 41.9 Å². The van der Waals surface area contributed by atoms with Crippen molar-refractivity contribution in [1.82, 2.24) is 9.88 Å². The Morgan fingerprint density at radius 3 is 2.48 bits per heavy atom. The normalized spacial score (nSPS) is 22.4. The predicted octanol–water partition coefficient (Wildman–Crippen LogP) is 3.44. The van der Waals surface area contributed by atoms with Crippen molar-refractivity contribution in [1.29, 1.82) is 0 Å². The van der Waals surface area contributed by atoms with Gasteiger partial charge in [-0.1, -0.05) is 26.0 Å². The van der Waals surface area contributed by atoms with Crippen molar-refractivity contribution in [3.05, 3.63) is 36.2 Å². The number of aromatic nitrogens is 1. The molecule has 7 heteroatoms. The first-order valence-electron chi connectivity index (χ1n) is 10.0. The number of fused-ring (bicyclic) bond motifs is 2. The molecular formula is C22H25N3O4. The number of nitrogens with one attached hydrogen (secondary N) is 1. The van der Waals surface area contributed by atoms with Gasteiger partial charge in [0, 0.05) is 12.6 Å². The van der Waals surface area contributed by atoms with Crippen molar-refractivity contribution in [2.24, 2.45) is 17.8 Å². The van der Waals surface area contributed by atoms with Crippen molar-refractivity contribution in [2.45, 2.75) is 46.1 Å². The van der Waals surface area contributed by atoms with Gasteiger partial charge in [0.25, 0.3) is 0 Å². The number of likely N-dealkylation sites (tertiary alicyclic amines) is 1. The molecule has 7 nitrogen and oxygen atoms in total. The minimum absolute atomic E-state index is 0.146. The molecule has 2 aromatic rings. The smallest absolute Gasteiger partial charge is 0.247 e. The molecule has 3 amide bonds. The fraction of sp³-hybridized carbons (Fsp3) is 0.455. The summed E-state index contributed by atoms with van der Waals surface area (Å²) in [6.45, 7) is 5.71. The lowest BCUT2D eigenvalue weighted by molar-refractivity contribution is -0.147. The second kappa shape index (κ2) is 7.46. The van der Waals surface area contributed by atoms with E-state index < -0.39 is 6.04 Å². The summed E-state index contributed by atoms with van der Waals surface area (Å²) in [5, 5.41) is 2.87. The zero-order chi connectivity index (χ0) is 20.7. The molecule has 0 saturated carbocycles. The van der Waals surface area contributed by atoms with Crippen LogP contribution in [-0.4, -0.2) is 33.6 Å². The van der Waals surface area contributed by atoms with E-state index in [1.54, 1.807) is 25.1 Å². The van der Waals surface area contributed by atoms with E-state index in [4.69, 9.17) is 4.42 Å². The maximum absolute atomic E-state index is 13.2. The molecule has 29 heavy (non-hydrogen) atoms. The fourth-order valence-corrected chi connectivity index (χ4v) is 4.26. The van der Waals surface area contributed by atoms with Gasteiger partial charge in [-0.3, -0.25) is 19.3 Å². The number of hydrogen-bond donors (Lipinski definition) is 1. The topological polar surface area (TPSA) is 92.5 Å². The zero-order valence-electron chi connectivity index (χ0n) is 16.8. The average Bonchev–Trinajstić information content (AvgIpc) is 3.16. The molecule has 3 atom stereocenters. The summed E-state index contributed by atoms with van der Waals surface area (Å²) in [6, 6.07) is 4.38. The molecule has 0 radical (unpaired) electrons. The van der Waals surface area contributed by atoms with Crippen LogP contribution < -0.4 is 5.32 Å². The number of rotatable bonds is 5. The first kappa shape index (κ1) is 19.4. The molecule has 0 spiro atoms. The van der Waals surface area contributed by atoms with Gasteiger partial charge in [0.1, 0.15) is 11.6 Å². The van der Waals surface area contributed by atoms with E-state index in [0.717, 1.165) is 0 Å². The van der Waals surface area contributed by atoms with E-state index >= 15 is 0 Å². The van der Waals surface area contributed by atoms with Crippen LogP contribution in [0.1, 0.15) is 39.0 Å². The molecule has 0 unspecified atom stereocenters. The third kappa shape index (κ3) is 3.57. The zero-order valence-corrected chi connectivity index (χ0v) is 16.8. The van der Waals surface area contributed by atoms with E-state index in [-0.39, 0.29) is 35.5 Å². The molecule has 1 N–H and O–H groups in total. The van der Waals surface area contributed by atoms with Gasteiger partial charge >= 0.3 is 0 Å². The summed E-state index contributed by atoms with van der Waals surface area (Å²) in [5.41, 5.74) is 1.84. The summed E-state index contributed by atoms with van der Waals surface area (Å²) < 4.78 is 5.46. The maximum Gasteiger partial charge on any atom is 0.247 e. The van der Waals surface area contributed by atoms with Crippen molar-refractivity contribution in [3.63, 3.8) is 0 Å². The van der Waals surface area contributed by atoms with Crippen LogP contribution in [0.3, 0.4) is 0 Å². The molecule has 2 aliphatic rings. The number of anilines is 1. The number of allylic oxidation sites excluding steroid dienone is 2. The first-order valence-corrected chi connectivity index (χ1v) is 10.0. The van der Waals surface area contributed by atoms with Crippen molar-refractivity contribution in [3.8, 4) is 0 Å². The van der Waals surface area contributed by atoms with E-state index in [1.165, 1.54) is 4.90 Å². The van der Waals surface area contributed by atoms with Crippen LogP contribution in [0.4, 0.5) is 5.69 Å². The van der Waals surface area contributed by atoms with Crippen LogP contribution in [0.25, 0.3) is 11.1 Å². The second-order valence-corrected chi connectivity index (χ2v) is 8.25. The number of oxazole rings is 1. The van der Waals surface area contributed by atoms with Crippen LogP contribution >= 0.6 is 0 Å². The molecule has 152 valence electrons. The minimum atomic E-state index is -0.824. The third-order valence-electron chi connectivity index (χ3n) is 5.61. The Balaban J connectivity index is 1.59. The van der Waals surface area contributed by atoms with Crippen LogP contribution in [0.15, 0.2) is 34.8 Å². The number of amides is 3. The van der Waals surface area contributed by atoms with E-state index in [9.17, 15) is 14.4 Å². The fourth-order valence-electron chi connectivity index (χ4n) is 4.26. The molecule has 1 saturated heterocycles. The van der Waals surface area contributed by atoms with Crippen LogP contribution in [0, 0.1) is 24.7 Å². The van der Waals surface area contributed by atoms with Crippen molar-refractivity contribution in [2.75, 3.05) is 5.32 Å². The number of nitrogens with zero attached hydrogens (tertiary/aromatic N) is 2. The first-order chi connectivity index (χ1) is 13.8. The molecule has 1 aromatic heterocycles. The molecule has 1 aromatic carbocycles. The van der Waals surface area contributed by atoms with Gasteiger partial charge in [0.05, 0.1) is 11.8 Å². The molecule has 1 aliphatic heterocycles. The third-order valence-corrected chi connectivity index (χ3v) is 5.61. The quantitative estimate of drug-likeness (QED) is 0.618. The molecule has 0 bridgehead atoms. The van der Waals surface area contributed by atoms with Gasteiger partial charge in [-0.15, -0.1) is 0 Å². The molecule has 1 fully saturated rings. The number of carbonyl (C=O) groups excluding carboxylic acids is 3. The Bertz CT molecular complexity index is 981. The summed E-state index contributed by atoms with van der Waals surface area (Å²) in [6.07, 6.45) is 5.43. The van der Waals surface area contributed by atoms with Gasteiger partial charge in [0.15, 0.2) is 11.5 Å². The van der Waals surface area contributed by atoms with Gasteiger partial charge in [-0.05, 0) is 43.4 Å². The number of aryl methyl sites for hydroxylation is 1. The monoisotopic (exact) mass is 395 g/mol. The van der Waals surface area contributed by atoms with Gasteiger partial charge in [0.2, 0.25) is 17.7 Å². The largest absolute Gasteiger partial charge is 0.441 e. The van der Waals surface area contributed by atoms with E-state index in [1.807, 2.05) is 26.0 Å². The highest BCUT2D eigenvalue weighted by atomic mass is 16.3. The average molecular weight is 395 g/mol. The lowest BCUT2D eigenvalue weighted by Crippen LogP contribution is -2.48. The lowest BCUT2D eigenvalue weighted by Gasteiger charge is -2.27. The second-order valence-electron chi connectivity index (χ2n) is 8.25. The highest BCUT2D eigenvalue weighted by molar-refractivity contribution is 6.10. The Labute approximate surface area is 169 Å². The Morgan fingerprint density at radius 1 is 1.21 bits per heavy atom. The van der Waals surface area contributed by atoms with Gasteiger partial charge in [-0.2, -0.15) is 0 Å². The highest BCUT2D eigenvalue weighted by Crippen LogP contribution is 2.37. The van der Waals surface area contributed by atoms with Crippen molar-refractivity contribution >= 4 is 34.5 Å². The van der Waals surface area contributed by atoms with Crippen molar-refractivity contribution < 1.29 is 18.8 Å². The summed E-state index contributed by atoms with van der Waals surface area (Å²) in [4.78, 5) is 44.6. The summed E-state index contributed by atoms with van der Waals surface area (Å²) >= 11 is 0. The number of carbonyl (C=O) groups is 3. The lowest BCUT2D eigenvalue weighted by atomic mass is 9.85. The van der Waals surface area contributed by atoms with Crippen LogP contribution in [0.2, 0.25) is 0 Å². The number of benzene rings is 1.